The zero-order valence-electron chi connectivity index (χ0n) is 13.8. The lowest BCUT2D eigenvalue weighted by atomic mass is 10.2. The molecule has 2 heterocycles. The molecule has 27 heavy (non-hydrogen) atoms. The summed E-state index contributed by atoms with van der Waals surface area (Å²) in [5, 5.41) is 23.2. The summed E-state index contributed by atoms with van der Waals surface area (Å²) in [5.74, 6) is -1.26. The molecule has 11 heteroatoms. The lowest BCUT2D eigenvalue weighted by molar-refractivity contribution is -0.384. The first-order chi connectivity index (χ1) is 12.9. The fourth-order valence-corrected chi connectivity index (χ4v) is 2.47. The van der Waals surface area contributed by atoms with Gasteiger partial charge in [-0.3, -0.25) is 24.7 Å². The van der Waals surface area contributed by atoms with Crippen molar-refractivity contribution in [3.63, 3.8) is 0 Å². The molecule has 2 amide bonds. The Bertz CT molecular complexity index is 992. The molecule has 1 aromatic heterocycles. The average molecular weight is 387 g/mol. The summed E-state index contributed by atoms with van der Waals surface area (Å²) in [6, 6.07) is 5.51. The van der Waals surface area contributed by atoms with Gasteiger partial charge in [0.05, 0.1) is 15.7 Å². The number of nitro groups is 1. The lowest BCUT2D eigenvalue weighted by Gasteiger charge is -2.10. The van der Waals surface area contributed by atoms with Crippen molar-refractivity contribution >= 4 is 40.5 Å². The highest BCUT2D eigenvalue weighted by Crippen LogP contribution is 2.30. The molecular weight excluding hydrogens is 376 g/mol. The second kappa shape index (κ2) is 7.38. The van der Waals surface area contributed by atoms with E-state index in [4.69, 9.17) is 11.6 Å². The van der Waals surface area contributed by atoms with Crippen LogP contribution in [0.1, 0.15) is 17.3 Å². The first kappa shape index (κ1) is 18.3. The van der Waals surface area contributed by atoms with Crippen LogP contribution in [-0.4, -0.2) is 38.5 Å². The topological polar surface area (TPSA) is 130 Å². The molecule has 1 atom stereocenters. The van der Waals surface area contributed by atoms with Crippen LogP contribution in [0.3, 0.4) is 0 Å². The van der Waals surface area contributed by atoms with Crippen molar-refractivity contribution < 1.29 is 14.5 Å². The molecule has 1 unspecified atom stereocenters. The summed E-state index contributed by atoms with van der Waals surface area (Å²) < 4.78 is 0. The molecule has 10 nitrogen and oxygen atoms in total. The zero-order chi connectivity index (χ0) is 19.6. The Morgan fingerprint density at radius 3 is 2.63 bits per heavy atom. The van der Waals surface area contributed by atoms with Crippen LogP contribution in [0.5, 0.6) is 0 Å². The maximum atomic E-state index is 12.5. The Kier molecular flexibility index (Phi) is 4.99. The molecule has 2 aromatic rings. The SMILES string of the molecule is CC1=NN(C(=O)c2ccncc2)C(=O)C1N=Nc1ccc([N+](=O)[O-])cc1Cl. The van der Waals surface area contributed by atoms with Gasteiger partial charge in [0.1, 0.15) is 5.69 Å². The Hall–Kier alpha value is -3.53. The summed E-state index contributed by atoms with van der Waals surface area (Å²) >= 11 is 5.95. The minimum atomic E-state index is -1.08. The maximum Gasteiger partial charge on any atom is 0.282 e. The molecule has 0 fully saturated rings. The Balaban J connectivity index is 1.80. The van der Waals surface area contributed by atoms with E-state index in [2.05, 4.69) is 20.3 Å². The third-order valence-electron chi connectivity index (χ3n) is 3.64. The number of azo groups is 1. The number of carbonyl (C=O) groups is 2. The van der Waals surface area contributed by atoms with Gasteiger partial charge >= 0.3 is 0 Å². The third kappa shape index (κ3) is 3.70. The van der Waals surface area contributed by atoms with Gasteiger partial charge in [-0.05, 0) is 25.1 Å². The maximum absolute atomic E-state index is 12.5. The van der Waals surface area contributed by atoms with Crippen molar-refractivity contribution in [3.05, 3.63) is 63.4 Å². The van der Waals surface area contributed by atoms with Gasteiger partial charge in [0.25, 0.3) is 17.5 Å². The normalized spacial score (nSPS) is 16.7. The predicted molar refractivity (Wildman–Crippen MR) is 94.9 cm³/mol. The average Bonchev–Trinajstić information content (AvgIpc) is 2.94. The summed E-state index contributed by atoms with van der Waals surface area (Å²) in [7, 11) is 0. The number of hydrogen-bond donors (Lipinski definition) is 0. The van der Waals surface area contributed by atoms with Gasteiger partial charge in [-0.25, -0.2) is 0 Å². The molecule has 1 aliphatic rings. The van der Waals surface area contributed by atoms with Crippen molar-refractivity contribution in [3.8, 4) is 0 Å². The van der Waals surface area contributed by atoms with Gasteiger partial charge in [0.15, 0.2) is 6.04 Å². The number of imide groups is 1. The molecule has 0 radical (unpaired) electrons. The number of non-ortho nitro benzene ring substituents is 1. The number of rotatable bonds is 4. The standard InChI is InChI=1S/C16H11ClN6O4/c1-9-14(20-19-13-3-2-11(23(26)27)8-12(13)17)16(25)22(21-9)15(24)10-4-6-18-7-5-10/h2-8,14H,1H3. The molecular formula is C16H11ClN6O4. The molecule has 0 spiro atoms. The van der Waals surface area contributed by atoms with Crippen LogP contribution in [0.15, 0.2) is 58.1 Å². The largest absolute Gasteiger partial charge is 0.282 e. The summed E-state index contributed by atoms with van der Waals surface area (Å²) in [4.78, 5) is 38.8. The van der Waals surface area contributed by atoms with Crippen molar-refractivity contribution in [1.82, 2.24) is 9.99 Å². The molecule has 0 N–H and O–H groups in total. The van der Waals surface area contributed by atoms with Crippen molar-refractivity contribution in [2.45, 2.75) is 13.0 Å². The minimum absolute atomic E-state index is 0.0118. The number of amides is 2. The highest BCUT2D eigenvalue weighted by Gasteiger charge is 2.38. The highest BCUT2D eigenvalue weighted by atomic mass is 35.5. The number of hydrogen-bond acceptors (Lipinski definition) is 8. The van der Waals surface area contributed by atoms with E-state index in [1.165, 1.54) is 36.7 Å². The zero-order valence-corrected chi connectivity index (χ0v) is 14.6. The van der Waals surface area contributed by atoms with E-state index in [1.54, 1.807) is 6.92 Å². The fourth-order valence-electron chi connectivity index (χ4n) is 2.26. The molecule has 136 valence electrons. The number of pyridine rings is 1. The Labute approximate surface area is 157 Å². The molecule has 0 bridgehead atoms. The van der Waals surface area contributed by atoms with Gasteiger partial charge in [0.2, 0.25) is 0 Å². The monoisotopic (exact) mass is 386 g/mol. The molecule has 0 saturated heterocycles. The van der Waals surface area contributed by atoms with Crippen LogP contribution in [0.4, 0.5) is 11.4 Å². The number of benzene rings is 1. The van der Waals surface area contributed by atoms with Crippen molar-refractivity contribution in [2.24, 2.45) is 15.3 Å². The number of nitrogens with zero attached hydrogens (tertiary/aromatic N) is 6. The van der Waals surface area contributed by atoms with Gasteiger partial charge in [-0.2, -0.15) is 20.3 Å². The van der Waals surface area contributed by atoms with E-state index in [9.17, 15) is 19.7 Å². The highest BCUT2D eigenvalue weighted by molar-refractivity contribution is 6.33. The van der Waals surface area contributed by atoms with E-state index in [0.717, 1.165) is 11.1 Å². The van der Waals surface area contributed by atoms with Gasteiger partial charge in [-0.1, -0.05) is 11.6 Å². The van der Waals surface area contributed by atoms with Gasteiger partial charge in [-0.15, -0.1) is 0 Å². The summed E-state index contributed by atoms with van der Waals surface area (Å²) in [6.07, 6.45) is 2.86. The molecule has 1 aromatic carbocycles. The van der Waals surface area contributed by atoms with Gasteiger partial charge < -0.3 is 0 Å². The first-order valence-corrected chi connectivity index (χ1v) is 7.94. The van der Waals surface area contributed by atoms with E-state index >= 15 is 0 Å². The van der Waals surface area contributed by atoms with Crippen LogP contribution in [0.2, 0.25) is 5.02 Å². The first-order valence-electron chi connectivity index (χ1n) is 7.56. The summed E-state index contributed by atoms with van der Waals surface area (Å²) in [6.45, 7) is 1.54. The Morgan fingerprint density at radius 2 is 2.00 bits per heavy atom. The molecule has 0 saturated carbocycles. The summed E-state index contributed by atoms with van der Waals surface area (Å²) in [5.41, 5.74) is 0.500. The third-order valence-corrected chi connectivity index (χ3v) is 3.94. The van der Waals surface area contributed by atoms with E-state index in [1.807, 2.05) is 0 Å². The van der Waals surface area contributed by atoms with Crippen LogP contribution in [0.25, 0.3) is 0 Å². The number of halogens is 1. The van der Waals surface area contributed by atoms with Crippen LogP contribution >= 0.6 is 11.6 Å². The van der Waals surface area contributed by atoms with Crippen LogP contribution in [0, 0.1) is 10.1 Å². The smallest absolute Gasteiger partial charge is 0.269 e. The molecule has 3 rings (SSSR count). The Morgan fingerprint density at radius 1 is 1.30 bits per heavy atom. The minimum Gasteiger partial charge on any atom is -0.269 e. The quantitative estimate of drug-likeness (QED) is 0.344. The van der Waals surface area contributed by atoms with E-state index < -0.39 is 22.8 Å². The predicted octanol–water partition coefficient (Wildman–Crippen LogP) is 3.15. The number of nitro benzene ring substituents is 1. The second-order valence-electron chi connectivity index (χ2n) is 5.44. The number of carbonyl (C=O) groups excluding carboxylic acids is 2. The second-order valence-corrected chi connectivity index (χ2v) is 5.85. The van der Waals surface area contributed by atoms with Crippen molar-refractivity contribution in [1.29, 1.82) is 0 Å². The molecule has 1 aliphatic heterocycles. The number of hydrazone groups is 1. The van der Waals surface area contributed by atoms with Gasteiger partial charge in [0, 0.05) is 30.1 Å². The van der Waals surface area contributed by atoms with E-state index in [-0.39, 0.29) is 27.7 Å². The van der Waals surface area contributed by atoms with Crippen LogP contribution < -0.4 is 0 Å². The van der Waals surface area contributed by atoms with Crippen LogP contribution in [-0.2, 0) is 4.79 Å². The van der Waals surface area contributed by atoms with E-state index in [0.29, 0.717) is 0 Å². The number of aromatic nitrogens is 1. The van der Waals surface area contributed by atoms with Crippen molar-refractivity contribution in [2.75, 3.05) is 0 Å². The fraction of sp³-hybridized carbons (Fsp3) is 0.125. The lowest BCUT2D eigenvalue weighted by Crippen LogP contribution is -2.34. The molecule has 0 aliphatic carbocycles.